The van der Waals surface area contributed by atoms with E-state index in [2.05, 4.69) is 10.1 Å². The smallest absolute Gasteiger partial charge is 0.306 e. The zero-order valence-corrected chi connectivity index (χ0v) is 14.1. The summed E-state index contributed by atoms with van der Waals surface area (Å²) in [7, 11) is -3.78. The van der Waals surface area contributed by atoms with Crippen molar-refractivity contribution in [2.75, 3.05) is 16.9 Å². The van der Waals surface area contributed by atoms with Gasteiger partial charge in [0.2, 0.25) is 0 Å². The molecule has 21 heavy (non-hydrogen) atoms. The number of sulfonamides is 1. The zero-order valence-electron chi connectivity index (χ0n) is 11.7. The van der Waals surface area contributed by atoms with Crippen molar-refractivity contribution in [2.24, 2.45) is 5.84 Å². The van der Waals surface area contributed by atoms with Gasteiger partial charge in [-0.15, -0.1) is 0 Å². The molecule has 1 unspecified atom stereocenters. The normalized spacial score (nSPS) is 13.1. The molecule has 1 heterocycles. The number of hydrogen-bond donors (Lipinski definition) is 3. The lowest BCUT2D eigenvalue weighted by molar-refractivity contribution is -0.383. The van der Waals surface area contributed by atoms with E-state index in [1.54, 1.807) is 18.7 Å². The SMILES string of the molecule is CCSCCC(C)NS(=O)(=O)c1cc([N+](=O)[O-])c(NN)s1. The Kier molecular flexibility index (Phi) is 6.87. The fourth-order valence-corrected chi connectivity index (χ4v) is 4.86. The van der Waals surface area contributed by atoms with Gasteiger partial charge in [-0.3, -0.25) is 10.1 Å². The second-order valence-corrected chi connectivity index (χ2v) is 8.58. The second kappa shape index (κ2) is 7.94. The molecule has 8 nitrogen and oxygen atoms in total. The third-order valence-electron chi connectivity index (χ3n) is 2.54. The number of thiophene rings is 1. The average molecular weight is 354 g/mol. The van der Waals surface area contributed by atoms with Crippen LogP contribution < -0.4 is 16.0 Å². The summed E-state index contributed by atoms with van der Waals surface area (Å²) in [5, 5.41) is 10.8. The summed E-state index contributed by atoms with van der Waals surface area (Å²) in [4.78, 5) is 10.1. The van der Waals surface area contributed by atoms with E-state index in [1.807, 2.05) is 6.92 Å². The molecule has 0 aliphatic rings. The lowest BCUT2D eigenvalue weighted by Gasteiger charge is -2.12. The van der Waals surface area contributed by atoms with Crippen LogP contribution in [-0.4, -0.2) is 30.9 Å². The molecule has 1 aromatic heterocycles. The van der Waals surface area contributed by atoms with E-state index >= 15 is 0 Å². The van der Waals surface area contributed by atoms with Crippen molar-refractivity contribution in [1.82, 2.24) is 4.72 Å². The van der Waals surface area contributed by atoms with Crippen LogP contribution in [0.25, 0.3) is 0 Å². The molecule has 0 radical (unpaired) electrons. The maximum atomic E-state index is 12.2. The first-order chi connectivity index (χ1) is 9.81. The molecule has 0 bridgehead atoms. The van der Waals surface area contributed by atoms with Crippen molar-refractivity contribution in [1.29, 1.82) is 0 Å². The molecule has 0 amide bonds. The number of rotatable bonds is 9. The summed E-state index contributed by atoms with van der Waals surface area (Å²) < 4.78 is 26.7. The van der Waals surface area contributed by atoms with Gasteiger partial charge >= 0.3 is 5.69 Å². The molecule has 0 aliphatic heterocycles. The zero-order chi connectivity index (χ0) is 16.0. The Morgan fingerprint density at radius 2 is 2.24 bits per heavy atom. The number of nitrogens with zero attached hydrogens (tertiary/aromatic N) is 1. The van der Waals surface area contributed by atoms with E-state index < -0.39 is 14.9 Å². The standard InChI is InChI=1S/C10H18N4O4S3/c1-3-19-5-4-7(2)13-21(17,18)9-6-8(14(15)16)10(12-11)20-9/h6-7,12-13H,3-5,11H2,1-2H3. The first-order valence-electron chi connectivity index (χ1n) is 6.16. The van der Waals surface area contributed by atoms with Crippen molar-refractivity contribution >= 4 is 43.8 Å². The summed E-state index contributed by atoms with van der Waals surface area (Å²) in [5.41, 5.74) is 1.80. The minimum absolute atomic E-state index is 0.00886. The fourth-order valence-electron chi connectivity index (χ4n) is 1.52. The number of hydrazine groups is 1. The molecule has 0 aromatic carbocycles. The monoisotopic (exact) mass is 354 g/mol. The first kappa shape index (κ1) is 18.2. The Hall–Kier alpha value is -0.880. The highest BCUT2D eigenvalue weighted by Crippen LogP contribution is 2.36. The largest absolute Gasteiger partial charge is 0.310 e. The third-order valence-corrected chi connectivity index (χ3v) is 6.59. The second-order valence-electron chi connectivity index (χ2n) is 4.19. The van der Waals surface area contributed by atoms with Crippen LogP contribution in [0.2, 0.25) is 0 Å². The highest BCUT2D eigenvalue weighted by Gasteiger charge is 2.26. The predicted molar refractivity (Wildman–Crippen MR) is 86.2 cm³/mol. The number of hydrogen-bond acceptors (Lipinski definition) is 8. The number of anilines is 1. The van der Waals surface area contributed by atoms with E-state index in [9.17, 15) is 18.5 Å². The number of nitrogen functional groups attached to an aromatic ring is 1. The van der Waals surface area contributed by atoms with Gasteiger partial charge < -0.3 is 5.43 Å². The number of nitro groups is 1. The minimum Gasteiger partial charge on any atom is -0.310 e. The Balaban J connectivity index is 2.85. The van der Waals surface area contributed by atoms with Crippen LogP contribution in [0.5, 0.6) is 0 Å². The molecule has 0 spiro atoms. The van der Waals surface area contributed by atoms with E-state index in [-0.39, 0.29) is 20.9 Å². The summed E-state index contributed by atoms with van der Waals surface area (Å²) in [6.07, 6.45) is 0.688. The fraction of sp³-hybridized carbons (Fsp3) is 0.600. The summed E-state index contributed by atoms with van der Waals surface area (Å²) >= 11 is 2.46. The highest BCUT2D eigenvalue weighted by atomic mass is 32.2. The number of thioether (sulfide) groups is 1. The van der Waals surface area contributed by atoms with E-state index in [0.717, 1.165) is 28.9 Å². The van der Waals surface area contributed by atoms with Crippen LogP contribution in [-0.2, 0) is 10.0 Å². The van der Waals surface area contributed by atoms with Crippen LogP contribution in [0.4, 0.5) is 10.7 Å². The van der Waals surface area contributed by atoms with Gasteiger partial charge in [0.25, 0.3) is 10.0 Å². The van der Waals surface area contributed by atoms with E-state index in [4.69, 9.17) is 5.84 Å². The lowest BCUT2D eigenvalue weighted by Crippen LogP contribution is -2.32. The molecule has 0 fully saturated rings. The van der Waals surface area contributed by atoms with Crippen LogP contribution in [0.15, 0.2) is 10.3 Å². The van der Waals surface area contributed by atoms with Gasteiger partial charge in [0, 0.05) is 12.1 Å². The van der Waals surface area contributed by atoms with E-state index in [0.29, 0.717) is 6.42 Å². The molecule has 4 N–H and O–H groups in total. The Morgan fingerprint density at radius 3 is 2.71 bits per heavy atom. The summed E-state index contributed by atoms with van der Waals surface area (Å²) in [5.74, 6) is 6.99. The molecular formula is C10H18N4O4S3. The van der Waals surface area contributed by atoms with Crippen LogP contribution in [0, 0.1) is 10.1 Å². The average Bonchev–Trinajstić information content (AvgIpc) is 2.83. The number of nitrogens with two attached hydrogens (primary N) is 1. The molecule has 1 aromatic rings. The summed E-state index contributed by atoms with van der Waals surface area (Å²) in [6.45, 7) is 3.80. The summed E-state index contributed by atoms with van der Waals surface area (Å²) in [6, 6.07) is 0.764. The van der Waals surface area contributed by atoms with Crippen molar-refractivity contribution in [3.63, 3.8) is 0 Å². The van der Waals surface area contributed by atoms with Gasteiger partial charge in [0.1, 0.15) is 4.21 Å². The maximum Gasteiger partial charge on any atom is 0.306 e. The van der Waals surface area contributed by atoms with Gasteiger partial charge in [-0.1, -0.05) is 18.3 Å². The topological polar surface area (TPSA) is 127 Å². The first-order valence-corrected chi connectivity index (χ1v) is 9.62. The van der Waals surface area contributed by atoms with E-state index in [1.165, 1.54) is 0 Å². The van der Waals surface area contributed by atoms with Crippen LogP contribution in [0.1, 0.15) is 20.3 Å². The quantitative estimate of drug-likeness (QED) is 0.267. The molecule has 120 valence electrons. The third kappa shape index (κ3) is 5.11. The van der Waals surface area contributed by atoms with Gasteiger partial charge in [-0.2, -0.15) is 11.8 Å². The Bertz CT molecular complexity index is 587. The lowest BCUT2D eigenvalue weighted by atomic mass is 10.3. The Labute approximate surface area is 131 Å². The maximum absolute atomic E-state index is 12.2. The van der Waals surface area contributed by atoms with Crippen molar-refractivity contribution in [3.8, 4) is 0 Å². The van der Waals surface area contributed by atoms with Crippen LogP contribution in [0.3, 0.4) is 0 Å². The number of nitrogens with one attached hydrogen (secondary N) is 2. The molecule has 11 heteroatoms. The molecule has 0 saturated heterocycles. The molecular weight excluding hydrogens is 336 g/mol. The van der Waals surface area contributed by atoms with Crippen molar-refractivity contribution in [3.05, 3.63) is 16.2 Å². The van der Waals surface area contributed by atoms with Gasteiger partial charge in [-0.05, 0) is 24.9 Å². The minimum atomic E-state index is -3.78. The molecule has 1 rings (SSSR count). The molecule has 0 saturated carbocycles. The molecule has 1 atom stereocenters. The molecule has 0 aliphatic carbocycles. The van der Waals surface area contributed by atoms with Crippen molar-refractivity contribution in [2.45, 2.75) is 30.5 Å². The van der Waals surface area contributed by atoms with Gasteiger partial charge in [0.05, 0.1) is 4.92 Å². The van der Waals surface area contributed by atoms with Crippen molar-refractivity contribution < 1.29 is 13.3 Å². The predicted octanol–water partition coefficient (Wildman–Crippen LogP) is 1.75. The van der Waals surface area contributed by atoms with Crippen LogP contribution >= 0.6 is 23.1 Å². The highest BCUT2D eigenvalue weighted by molar-refractivity contribution is 7.99. The Morgan fingerprint density at radius 1 is 1.57 bits per heavy atom. The van der Waals surface area contributed by atoms with Gasteiger partial charge in [0.15, 0.2) is 5.00 Å². The van der Waals surface area contributed by atoms with Gasteiger partial charge in [-0.25, -0.2) is 19.0 Å².